The van der Waals surface area contributed by atoms with Crippen molar-refractivity contribution >= 4 is 23.6 Å². The highest BCUT2D eigenvalue weighted by Gasteiger charge is 2.29. The molecule has 0 heterocycles. The van der Waals surface area contributed by atoms with Crippen LogP contribution in [0.2, 0.25) is 0 Å². The molecule has 0 spiro atoms. The van der Waals surface area contributed by atoms with Crippen molar-refractivity contribution in [2.24, 2.45) is 0 Å². The number of alkyl halides is 3. The second kappa shape index (κ2) is 7.35. The van der Waals surface area contributed by atoms with E-state index in [0.717, 1.165) is 0 Å². The lowest BCUT2D eigenvalue weighted by molar-refractivity contribution is -0.120. The molecule has 1 aromatic rings. The molecule has 0 unspecified atom stereocenters. The number of rotatable bonds is 5. The fraction of sp³-hybridized carbons (Fsp3) is 0.385. The van der Waals surface area contributed by atoms with Gasteiger partial charge in [0.1, 0.15) is 0 Å². The predicted octanol–water partition coefficient (Wildman–Crippen LogP) is 2.55. The van der Waals surface area contributed by atoms with E-state index in [1.54, 1.807) is 13.8 Å². The number of carbonyl (C=O) groups excluding carboxylic acids is 2. The molecular formula is C13H15F3N2O2S. The van der Waals surface area contributed by atoms with Crippen molar-refractivity contribution in [3.8, 4) is 0 Å². The van der Waals surface area contributed by atoms with Crippen LogP contribution in [0.3, 0.4) is 0 Å². The topological polar surface area (TPSA) is 58.2 Å². The highest BCUT2D eigenvalue weighted by molar-refractivity contribution is 8.00. The Labute approximate surface area is 124 Å². The summed E-state index contributed by atoms with van der Waals surface area (Å²) in [6.07, 6.45) is 0. The van der Waals surface area contributed by atoms with E-state index in [4.69, 9.17) is 0 Å². The third-order valence-electron chi connectivity index (χ3n) is 2.21. The molecular weight excluding hydrogens is 305 g/mol. The first-order valence-corrected chi connectivity index (χ1v) is 6.92. The van der Waals surface area contributed by atoms with Crippen LogP contribution in [0.25, 0.3) is 0 Å². The minimum atomic E-state index is -4.36. The number of nitrogens with one attached hydrogen (secondary N) is 2. The fourth-order valence-electron chi connectivity index (χ4n) is 1.44. The van der Waals surface area contributed by atoms with Crippen LogP contribution in [0.5, 0.6) is 0 Å². The Hall–Kier alpha value is -1.70. The maximum absolute atomic E-state index is 12.2. The molecule has 4 nitrogen and oxygen atoms in total. The largest absolute Gasteiger partial charge is 0.446 e. The van der Waals surface area contributed by atoms with E-state index in [0.29, 0.717) is 0 Å². The zero-order valence-electron chi connectivity index (χ0n) is 11.5. The quantitative estimate of drug-likeness (QED) is 0.820. The molecule has 1 aromatic carbocycles. The zero-order valence-corrected chi connectivity index (χ0v) is 12.3. The summed E-state index contributed by atoms with van der Waals surface area (Å²) in [5.74, 6) is -0.847. The normalized spacial score (nSPS) is 11.3. The zero-order chi connectivity index (χ0) is 16.0. The molecule has 8 heteroatoms. The molecule has 0 saturated heterocycles. The van der Waals surface area contributed by atoms with Gasteiger partial charge in [0, 0.05) is 16.5 Å². The van der Waals surface area contributed by atoms with Gasteiger partial charge in [-0.15, -0.1) is 0 Å². The van der Waals surface area contributed by atoms with Gasteiger partial charge in [0.15, 0.2) is 0 Å². The van der Waals surface area contributed by atoms with Crippen LogP contribution in [0.4, 0.5) is 13.2 Å². The van der Waals surface area contributed by atoms with Crippen molar-refractivity contribution in [2.45, 2.75) is 30.3 Å². The first-order chi connectivity index (χ1) is 9.67. The third-order valence-corrected chi connectivity index (χ3v) is 2.95. The fourth-order valence-corrected chi connectivity index (χ4v) is 1.98. The summed E-state index contributed by atoms with van der Waals surface area (Å²) in [6, 6.07) is 4.95. The van der Waals surface area contributed by atoms with Crippen LogP contribution in [-0.2, 0) is 4.79 Å². The number of thioether (sulfide) groups is 1. The standard InChI is InChI=1S/C13H15F3N2O2S/c1-8(2)18-11(19)7-17-12(20)9-3-5-10(6-4-9)21-13(14,15)16/h3-6,8H,7H2,1-2H3,(H,17,20)(H,18,19). The molecule has 0 bridgehead atoms. The second-order valence-electron chi connectivity index (χ2n) is 4.48. The van der Waals surface area contributed by atoms with E-state index in [-0.39, 0.29) is 40.7 Å². The summed E-state index contributed by atoms with van der Waals surface area (Å²) in [4.78, 5) is 23.1. The first-order valence-electron chi connectivity index (χ1n) is 6.11. The summed E-state index contributed by atoms with van der Waals surface area (Å²) in [5, 5.41) is 4.99. The molecule has 21 heavy (non-hydrogen) atoms. The monoisotopic (exact) mass is 320 g/mol. The minimum absolute atomic E-state index is 0.00315. The van der Waals surface area contributed by atoms with Gasteiger partial charge in [0.25, 0.3) is 5.91 Å². The Kier molecular flexibility index (Phi) is 6.07. The van der Waals surface area contributed by atoms with Gasteiger partial charge in [-0.1, -0.05) is 0 Å². The highest BCUT2D eigenvalue weighted by Crippen LogP contribution is 2.36. The Morgan fingerprint density at radius 3 is 2.24 bits per heavy atom. The molecule has 0 radical (unpaired) electrons. The number of benzene rings is 1. The minimum Gasteiger partial charge on any atom is -0.352 e. The smallest absolute Gasteiger partial charge is 0.352 e. The van der Waals surface area contributed by atoms with E-state index in [2.05, 4.69) is 10.6 Å². The lowest BCUT2D eigenvalue weighted by Crippen LogP contribution is -2.39. The summed E-state index contributed by atoms with van der Waals surface area (Å²) in [6.45, 7) is 3.39. The number of hydrogen-bond acceptors (Lipinski definition) is 3. The molecule has 0 aliphatic rings. The predicted molar refractivity (Wildman–Crippen MR) is 74.0 cm³/mol. The number of halogens is 3. The van der Waals surface area contributed by atoms with Crippen molar-refractivity contribution in [3.63, 3.8) is 0 Å². The average molecular weight is 320 g/mol. The molecule has 2 amide bonds. The van der Waals surface area contributed by atoms with Crippen LogP contribution in [0.15, 0.2) is 29.2 Å². The van der Waals surface area contributed by atoms with Gasteiger partial charge in [0.05, 0.1) is 6.54 Å². The Morgan fingerprint density at radius 1 is 1.19 bits per heavy atom. The van der Waals surface area contributed by atoms with Gasteiger partial charge < -0.3 is 10.6 Å². The molecule has 0 aliphatic heterocycles. The van der Waals surface area contributed by atoms with Crippen molar-refractivity contribution in [3.05, 3.63) is 29.8 Å². The first kappa shape index (κ1) is 17.4. The number of hydrogen-bond donors (Lipinski definition) is 2. The van der Waals surface area contributed by atoms with Gasteiger partial charge >= 0.3 is 5.51 Å². The Morgan fingerprint density at radius 2 is 1.76 bits per heavy atom. The van der Waals surface area contributed by atoms with Gasteiger partial charge in [-0.25, -0.2) is 0 Å². The summed E-state index contributed by atoms with van der Waals surface area (Å²) >= 11 is -0.250. The van der Waals surface area contributed by atoms with Crippen LogP contribution < -0.4 is 10.6 Å². The molecule has 0 aromatic heterocycles. The lowest BCUT2D eigenvalue weighted by atomic mass is 10.2. The van der Waals surface area contributed by atoms with Crippen LogP contribution >= 0.6 is 11.8 Å². The third kappa shape index (κ3) is 7.03. The van der Waals surface area contributed by atoms with Crippen molar-refractivity contribution < 1.29 is 22.8 Å². The molecule has 1 rings (SSSR count). The van der Waals surface area contributed by atoms with Gasteiger partial charge in [-0.05, 0) is 49.9 Å². The maximum atomic E-state index is 12.2. The van der Waals surface area contributed by atoms with Crippen LogP contribution in [0, 0.1) is 0 Å². The van der Waals surface area contributed by atoms with Crippen LogP contribution in [-0.4, -0.2) is 29.9 Å². The van der Waals surface area contributed by atoms with Crippen molar-refractivity contribution in [1.29, 1.82) is 0 Å². The second-order valence-corrected chi connectivity index (χ2v) is 5.62. The lowest BCUT2D eigenvalue weighted by Gasteiger charge is -2.10. The Bertz CT molecular complexity index is 501. The molecule has 0 aliphatic carbocycles. The SMILES string of the molecule is CC(C)NC(=O)CNC(=O)c1ccc(SC(F)(F)F)cc1. The highest BCUT2D eigenvalue weighted by atomic mass is 32.2. The number of amides is 2. The summed E-state index contributed by atoms with van der Waals surface area (Å²) in [5.41, 5.74) is -4.17. The summed E-state index contributed by atoms with van der Waals surface area (Å²) in [7, 11) is 0. The molecule has 0 saturated carbocycles. The van der Waals surface area contributed by atoms with E-state index >= 15 is 0 Å². The molecule has 0 fully saturated rings. The average Bonchev–Trinajstić information content (AvgIpc) is 2.34. The van der Waals surface area contributed by atoms with E-state index in [1.165, 1.54) is 24.3 Å². The molecule has 116 valence electrons. The maximum Gasteiger partial charge on any atom is 0.446 e. The van der Waals surface area contributed by atoms with Gasteiger partial charge in [0.2, 0.25) is 5.91 Å². The molecule has 2 N–H and O–H groups in total. The van der Waals surface area contributed by atoms with Crippen molar-refractivity contribution in [1.82, 2.24) is 10.6 Å². The van der Waals surface area contributed by atoms with Crippen molar-refractivity contribution in [2.75, 3.05) is 6.54 Å². The van der Waals surface area contributed by atoms with E-state index < -0.39 is 11.4 Å². The summed E-state index contributed by atoms with van der Waals surface area (Å²) < 4.78 is 36.5. The molecule has 0 atom stereocenters. The number of carbonyl (C=O) groups is 2. The Balaban J connectivity index is 2.54. The van der Waals surface area contributed by atoms with E-state index in [9.17, 15) is 22.8 Å². The van der Waals surface area contributed by atoms with Crippen LogP contribution in [0.1, 0.15) is 24.2 Å². The van der Waals surface area contributed by atoms with Gasteiger partial charge in [-0.2, -0.15) is 13.2 Å². The van der Waals surface area contributed by atoms with Gasteiger partial charge in [-0.3, -0.25) is 9.59 Å². The van der Waals surface area contributed by atoms with E-state index in [1.807, 2.05) is 0 Å².